The average molecular weight is 354 g/mol. The lowest BCUT2D eigenvalue weighted by Gasteiger charge is -2.33. The molecule has 26 heavy (non-hydrogen) atoms. The Kier molecular flexibility index (Phi) is 4.36. The first-order valence-electron chi connectivity index (χ1n) is 9.01. The van der Waals surface area contributed by atoms with Crippen molar-refractivity contribution in [1.82, 2.24) is 19.0 Å². The van der Waals surface area contributed by atoms with Crippen molar-refractivity contribution in [3.05, 3.63) is 53.0 Å². The minimum atomic E-state index is -0.242. The van der Waals surface area contributed by atoms with Crippen LogP contribution in [0, 0.1) is 0 Å². The van der Waals surface area contributed by atoms with Crippen LogP contribution < -0.4 is 5.69 Å². The molecule has 3 aromatic rings. The molecule has 0 radical (unpaired) electrons. The van der Waals surface area contributed by atoms with Gasteiger partial charge < -0.3 is 9.32 Å². The van der Waals surface area contributed by atoms with Crippen molar-refractivity contribution in [3.8, 4) is 0 Å². The number of pyridine rings is 1. The molecular weight excluding hydrogens is 332 g/mol. The summed E-state index contributed by atoms with van der Waals surface area (Å²) < 4.78 is 8.45. The van der Waals surface area contributed by atoms with E-state index in [9.17, 15) is 9.59 Å². The van der Waals surface area contributed by atoms with Crippen LogP contribution in [0.4, 0.5) is 0 Å². The molecule has 0 N–H and O–H groups in total. The fraction of sp³-hybridized carbons (Fsp3) is 0.421. The second kappa shape index (κ2) is 6.82. The molecule has 0 unspecified atom stereocenters. The van der Waals surface area contributed by atoms with E-state index in [1.54, 1.807) is 29.2 Å². The lowest BCUT2D eigenvalue weighted by atomic mass is 10.0. The molecule has 3 aromatic heterocycles. The van der Waals surface area contributed by atoms with Crippen molar-refractivity contribution in [3.63, 3.8) is 0 Å². The van der Waals surface area contributed by atoms with Crippen LogP contribution in [0.2, 0.25) is 0 Å². The SMILES string of the molecule is C[C@H]1CCCCN1C(=O)Cn1c(=O)n(Cc2ccco2)c2ncccc21. The van der Waals surface area contributed by atoms with Crippen LogP contribution in [0.1, 0.15) is 31.9 Å². The maximum Gasteiger partial charge on any atom is 0.331 e. The van der Waals surface area contributed by atoms with E-state index in [1.807, 2.05) is 17.0 Å². The molecule has 1 fully saturated rings. The molecule has 1 aliphatic rings. The number of imidazole rings is 1. The molecule has 7 heteroatoms. The maximum atomic E-state index is 13.0. The highest BCUT2D eigenvalue weighted by molar-refractivity contribution is 5.79. The number of hydrogen-bond acceptors (Lipinski definition) is 4. The summed E-state index contributed by atoms with van der Waals surface area (Å²) >= 11 is 0. The maximum absolute atomic E-state index is 13.0. The van der Waals surface area contributed by atoms with Gasteiger partial charge in [0.05, 0.1) is 18.3 Å². The number of furan rings is 1. The lowest BCUT2D eigenvalue weighted by molar-refractivity contribution is -0.135. The molecule has 136 valence electrons. The van der Waals surface area contributed by atoms with E-state index >= 15 is 0 Å². The van der Waals surface area contributed by atoms with Crippen LogP contribution in [0.5, 0.6) is 0 Å². The average Bonchev–Trinajstić information content (AvgIpc) is 3.25. The van der Waals surface area contributed by atoms with Crippen molar-refractivity contribution in [1.29, 1.82) is 0 Å². The quantitative estimate of drug-likeness (QED) is 0.720. The molecule has 0 spiro atoms. The summed E-state index contributed by atoms with van der Waals surface area (Å²) in [5.41, 5.74) is 0.989. The second-order valence-electron chi connectivity index (χ2n) is 6.81. The van der Waals surface area contributed by atoms with Gasteiger partial charge in [0.1, 0.15) is 12.3 Å². The molecule has 0 saturated carbocycles. The first-order valence-corrected chi connectivity index (χ1v) is 9.01. The summed E-state index contributed by atoms with van der Waals surface area (Å²) in [4.78, 5) is 32.1. The molecule has 1 aliphatic heterocycles. The number of likely N-dealkylation sites (tertiary alicyclic amines) is 1. The Balaban J connectivity index is 1.70. The number of carbonyl (C=O) groups is 1. The number of hydrogen-bond donors (Lipinski definition) is 0. The highest BCUT2D eigenvalue weighted by atomic mass is 16.3. The summed E-state index contributed by atoms with van der Waals surface area (Å²) in [6.07, 6.45) is 6.42. The van der Waals surface area contributed by atoms with Gasteiger partial charge in [0.15, 0.2) is 5.65 Å². The predicted molar refractivity (Wildman–Crippen MR) is 96.8 cm³/mol. The summed E-state index contributed by atoms with van der Waals surface area (Å²) in [5, 5.41) is 0. The highest BCUT2D eigenvalue weighted by Crippen LogP contribution is 2.18. The van der Waals surface area contributed by atoms with Crippen molar-refractivity contribution < 1.29 is 9.21 Å². The number of rotatable bonds is 4. The summed E-state index contributed by atoms with van der Waals surface area (Å²) in [5.74, 6) is 0.660. The molecule has 7 nitrogen and oxygen atoms in total. The third-order valence-corrected chi connectivity index (χ3v) is 5.09. The van der Waals surface area contributed by atoms with E-state index in [0.29, 0.717) is 23.5 Å². The standard InChI is InChI=1S/C19H22N4O3/c1-14-6-2-3-10-21(14)17(24)13-22-16-8-4-9-20-18(16)23(19(22)25)12-15-7-5-11-26-15/h4-5,7-9,11,14H,2-3,6,10,12-13H2,1H3/t14-/m0/s1. The highest BCUT2D eigenvalue weighted by Gasteiger charge is 2.25. The van der Waals surface area contributed by atoms with E-state index < -0.39 is 0 Å². The molecular formula is C19H22N4O3. The van der Waals surface area contributed by atoms with Gasteiger partial charge in [-0.05, 0) is 50.5 Å². The molecule has 0 aliphatic carbocycles. The zero-order chi connectivity index (χ0) is 18.1. The van der Waals surface area contributed by atoms with Gasteiger partial charge >= 0.3 is 5.69 Å². The van der Waals surface area contributed by atoms with Gasteiger partial charge in [-0.3, -0.25) is 13.9 Å². The number of amides is 1. The van der Waals surface area contributed by atoms with E-state index in [2.05, 4.69) is 11.9 Å². The third-order valence-electron chi connectivity index (χ3n) is 5.09. The van der Waals surface area contributed by atoms with E-state index in [0.717, 1.165) is 25.8 Å². The van der Waals surface area contributed by atoms with Crippen molar-refractivity contribution in [2.75, 3.05) is 6.54 Å². The Morgan fingerprint density at radius 2 is 2.15 bits per heavy atom. The van der Waals surface area contributed by atoms with Gasteiger partial charge in [0, 0.05) is 18.8 Å². The zero-order valence-corrected chi connectivity index (χ0v) is 14.8. The normalized spacial score (nSPS) is 17.7. The molecule has 4 heterocycles. The Morgan fingerprint density at radius 3 is 2.92 bits per heavy atom. The van der Waals surface area contributed by atoms with E-state index in [-0.39, 0.29) is 24.2 Å². The van der Waals surface area contributed by atoms with E-state index in [1.165, 1.54) is 4.57 Å². The molecule has 0 bridgehead atoms. The number of aromatic nitrogens is 3. The second-order valence-corrected chi connectivity index (χ2v) is 6.81. The third kappa shape index (κ3) is 2.94. The van der Waals surface area contributed by atoms with Crippen molar-refractivity contribution in [2.45, 2.75) is 45.3 Å². The fourth-order valence-electron chi connectivity index (χ4n) is 3.69. The minimum absolute atomic E-state index is 0.0137. The predicted octanol–water partition coefficient (Wildman–Crippen LogP) is 2.24. The Hall–Kier alpha value is -2.83. The lowest BCUT2D eigenvalue weighted by Crippen LogP contribution is -2.44. The van der Waals surface area contributed by atoms with Crippen LogP contribution in [0.25, 0.3) is 11.2 Å². The van der Waals surface area contributed by atoms with Crippen LogP contribution in [-0.2, 0) is 17.9 Å². The van der Waals surface area contributed by atoms with Gasteiger partial charge in [0.25, 0.3) is 0 Å². The molecule has 1 saturated heterocycles. The van der Waals surface area contributed by atoms with Gasteiger partial charge in [-0.1, -0.05) is 0 Å². The van der Waals surface area contributed by atoms with Gasteiger partial charge in [-0.15, -0.1) is 0 Å². The van der Waals surface area contributed by atoms with Crippen LogP contribution in [-0.4, -0.2) is 37.5 Å². The van der Waals surface area contributed by atoms with Gasteiger partial charge in [0.2, 0.25) is 5.91 Å². The monoisotopic (exact) mass is 354 g/mol. The van der Waals surface area contributed by atoms with Gasteiger partial charge in [-0.25, -0.2) is 9.78 Å². The molecule has 1 atom stereocenters. The smallest absolute Gasteiger partial charge is 0.331 e. The number of fused-ring (bicyclic) bond motifs is 1. The van der Waals surface area contributed by atoms with Crippen LogP contribution in [0.15, 0.2) is 45.9 Å². The molecule has 1 amide bonds. The fourth-order valence-corrected chi connectivity index (χ4v) is 3.69. The zero-order valence-electron chi connectivity index (χ0n) is 14.8. The minimum Gasteiger partial charge on any atom is -0.467 e. The van der Waals surface area contributed by atoms with Crippen LogP contribution in [0.3, 0.4) is 0 Å². The van der Waals surface area contributed by atoms with Crippen molar-refractivity contribution >= 4 is 17.1 Å². The van der Waals surface area contributed by atoms with Crippen molar-refractivity contribution in [2.24, 2.45) is 0 Å². The van der Waals surface area contributed by atoms with Gasteiger partial charge in [-0.2, -0.15) is 0 Å². The number of nitrogens with zero attached hydrogens (tertiary/aromatic N) is 4. The number of carbonyl (C=O) groups excluding carboxylic acids is 1. The molecule has 4 rings (SSSR count). The molecule has 0 aromatic carbocycles. The Morgan fingerprint density at radius 1 is 1.27 bits per heavy atom. The van der Waals surface area contributed by atoms with Crippen LogP contribution >= 0.6 is 0 Å². The topological polar surface area (TPSA) is 73.3 Å². The van der Waals surface area contributed by atoms with E-state index in [4.69, 9.17) is 4.42 Å². The first-order chi connectivity index (χ1) is 12.6. The number of piperidine rings is 1. The first kappa shape index (κ1) is 16.6. The Labute approximate surface area is 150 Å². The Bertz CT molecular complexity index is 970. The summed E-state index contributed by atoms with van der Waals surface area (Å²) in [6.45, 7) is 3.16. The summed E-state index contributed by atoms with van der Waals surface area (Å²) in [7, 11) is 0. The summed E-state index contributed by atoms with van der Waals surface area (Å²) in [6, 6.07) is 7.44. The largest absolute Gasteiger partial charge is 0.467 e.